The van der Waals surface area contributed by atoms with Crippen LogP contribution in [0.5, 0.6) is 0 Å². The summed E-state index contributed by atoms with van der Waals surface area (Å²) < 4.78 is 0.932. The van der Waals surface area contributed by atoms with Gasteiger partial charge in [-0.2, -0.15) is 5.10 Å². The zero-order valence-corrected chi connectivity index (χ0v) is 11.6. The number of rotatable bonds is 2. The second-order valence-electron chi connectivity index (χ2n) is 4.46. The molecule has 2 N–H and O–H groups in total. The van der Waals surface area contributed by atoms with Crippen molar-refractivity contribution in [3.05, 3.63) is 28.6 Å². The monoisotopic (exact) mass is 305 g/mol. The van der Waals surface area contributed by atoms with Gasteiger partial charge in [0.1, 0.15) is 5.82 Å². The van der Waals surface area contributed by atoms with Crippen LogP contribution < -0.4 is 0 Å². The van der Waals surface area contributed by atoms with Crippen molar-refractivity contribution in [1.82, 2.24) is 25.1 Å². The van der Waals surface area contributed by atoms with E-state index in [1.54, 1.807) is 12.4 Å². The van der Waals surface area contributed by atoms with Crippen molar-refractivity contribution in [2.45, 2.75) is 19.8 Å². The first kappa shape index (κ1) is 11.4. The lowest BCUT2D eigenvalue weighted by molar-refractivity contribution is 0.811. The Morgan fingerprint density at radius 1 is 1.28 bits per heavy atom. The number of imidazole rings is 1. The van der Waals surface area contributed by atoms with Crippen LogP contribution in [0.15, 0.2) is 22.9 Å². The minimum Gasteiger partial charge on any atom is -0.336 e. The molecule has 0 amide bonds. The zero-order valence-electron chi connectivity index (χ0n) is 10.0. The van der Waals surface area contributed by atoms with Crippen LogP contribution in [-0.2, 0) is 0 Å². The molecule has 3 rings (SSSR count). The molecular weight excluding hydrogens is 294 g/mol. The van der Waals surface area contributed by atoms with Gasteiger partial charge >= 0.3 is 0 Å². The van der Waals surface area contributed by atoms with E-state index in [1.165, 1.54) is 0 Å². The molecule has 0 fully saturated rings. The maximum atomic E-state index is 4.49. The summed E-state index contributed by atoms with van der Waals surface area (Å²) in [6.07, 6.45) is 3.54. The van der Waals surface area contributed by atoms with Crippen LogP contribution in [0, 0.1) is 0 Å². The van der Waals surface area contributed by atoms with Gasteiger partial charge in [0, 0.05) is 16.4 Å². The zero-order chi connectivity index (χ0) is 12.7. The van der Waals surface area contributed by atoms with Crippen molar-refractivity contribution in [3.63, 3.8) is 0 Å². The van der Waals surface area contributed by atoms with Gasteiger partial charge in [-0.1, -0.05) is 13.8 Å². The molecule has 3 heterocycles. The number of nitrogens with one attached hydrogen (secondary N) is 2. The molecule has 92 valence electrons. The number of aromatic nitrogens is 5. The summed E-state index contributed by atoms with van der Waals surface area (Å²) >= 11 is 3.40. The van der Waals surface area contributed by atoms with E-state index in [0.717, 1.165) is 27.1 Å². The van der Waals surface area contributed by atoms with E-state index in [0.29, 0.717) is 11.6 Å². The average Bonchev–Trinajstić information content (AvgIpc) is 2.93. The summed E-state index contributed by atoms with van der Waals surface area (Å²) in [5.74, 6) is 1.17. The van der Waals surface area contributed by atoms with E-state index in [2.05, 4.69) is 54.9 Å². The van der Waals surface area contributed by atoms with Crippen molar-refractivity contribution in [2.75, 3.05) is 0 Å². The Morgan fingerprint density at radius 2 is 2.11 bits per heavy atom. The largest absolute Gasteiger partial charge is 0.336 e. The lowest BCUT2D eigenvalue weighted by Gasteiger charge is -2.02. The molecule has 0 spiro atoms. The lowest BCUT2D eigenvalue weighted by Crippen LogP contribution is -1.91. The third-order valence-electron chi connectivity index (χ3n) is 2.81. The molecule has 0 aliphatic carbocycles. The smallest absolute Gasteiger partial charge is 0.178 e. The first-order chi connectivity index (χ1) is 8.65. The highest BCUT2D eigenvalue weighted by atomic mass is 79.9. The average molecular weight is 306 g/mol. The summed E-state index contributed by atoms with van der Waals surface area (Å²) in [6, 6.07) is 1.97. The van der Waals surface area contributed by atoms with Gasteiger partial charge in [-0.25, -0.2) is 9.97 Å². The van der Waals surface area contributed by atoms with Crippen molar-refractivity contribution in [1.29, 1.82) is 0 Å². The SMILES string of the molecule is CC(C)c1[nH]ncc1-c1nc2ncc(Br)cc2[nH]1. The Hall–Kier alpha value is -1.69. The minimum atomic E-state index is 0.371. The second-order valence-corrected chi connectivity index (χ2v) is 5.38. The van der Waals surface area contributed by atoms with Crippen LogP contribution in [0.25, 0.3) is 22.6 Å². The number of nitrogens with zero attached hydrogens (tertiary/aromatic N) is 3. The summed E-state index contributed by atoms with van der Waals surface area (Å²) in [7, 11) is 0. The Bertz CT molecular complexity index is 697. The van der Waals surface area contributed by atoms with Crippen LogP contribution in [0.3, 0.4) is 0 Å². The number of fused-ring (bicyclic) bond motifs is 1. The molecule has 0 bridgehead atoms. The van der Waals surface area contributed by atoms with Gasteiger partial charge in [0.25, 0.3) is 0 Å². The van der Waals surface area contributed by atoms with Gasteiger partial charge in [-0.3, -0.25) is 5.10 Å². The first-order valence-corrected chi connectivity index (χ1v) is 6.49. The molecule has 0 saturated carbocycles. The fourth-order valence-electron chi connectivity index (χ4n) is 1.93. The van der Waals surface area contributed by atoms with Gasteiger partial charge < -0.3 is 4.98 Å². The molecule has 5 nitrogen and oxygen atoms in total. The van der Waals surface area contributed by atoms with Crippen molar-refractivity contribution >= 4 is 27.1 Å². The van der Waals surface area contributed by atoms with E-state index in [-0.39, 0.29) is 0 Å². The summed E-state index contributed by atoms with van der Waals surface area (Å²) in [5, 5.41) is 7.11. The van der Waals surface area contributed by atoms with Crippen LogP contribution >= 0.6 is 15.9 Å². The van der Waals surface area contributed by atoms with E-state index in [4.69, 9.17) is 0 Å². The number of H-pyrrole nitrogens is 2. The van der Waals surface area contributed by atoms with E-state index in [1.807, 2.05) is 6.07 Å². The number of pyridine rings is 1. The summed E-state index contributed by atoms with van der Waals surface area (Å²) in [4.78, 5) is 12.0. The molecule has 0 radical (unpaired) electrons. The standard InChI is InChI=1S/C12H12BrN5/c1-6(2)10-8(5-15-18-10)11-16-9-3-7(13)4-14-12(9)17-11/h3-6H,1-2H3,(H,15,18)(H,14,16,17). The van der Waals surface area contributed by atoms with Crippen LogP contribution in [0.1, 0.15) is 25.5 Å². The minimum absolute atomic E-state index is 0.371. The van der Waals surface area contributed by atoms with Crippen molar-refractivity contribution in [2.24, 2.45) is 0 Å². The quantitative estimate of drug-likeness (QED) is 0.763. The topological polar surface area (TPSA) is 70.2 Å². The highest BCUT2D eigenvalue weighted by Crippen LogP contribution is 2.26. The predicted molar refractivity (Wildman–Crippen MR) is 73.3 cm³/mol. The normalized spacial score (nSPS) is 11.6. The Labute approximate surface area is 112 Å². The number of halogens is 1. The van der Waals surface area contributed by atoms with Crippen molar-refractivity contribution in [3.8, 4) is 11.4 Å². The molecule has 0 aliphatic heterocycles. The number of aromatic amines is 2. The number of hydrogen-bond acceptors (Lipinski definition) is 3. The Balaban J connectivity index is 2.16. The maximum Gasteiger partial charge on any atom is 0.178 e. The summed E-state index contributed by atoms with van der Waals surface area (Å²) in [5.41, 5.74) is 3.70. The lowest BCUT2D eigenvalue weighted by atomic mass is 10.1. The Morgan fingerprint density at radius 3 is 2.89 bits per heavy atom. The Kier molecular flexibility index (Phi) is 2.66. The molecule has 0 atom stereocenters. The number of hydrogen-bond donors (Lipinski definition) is 2. The van der Waals surface area contributed by atoms with Crippen LogP contribution in [0.4, 0.5) is 0 Å². The van der Waals surface area contributed by atoms with Crippen LogP contribution in [-0.4, -0.2) is 25.1 Å². The predicted octanol–water partition coefficient (Wildman–Crippen LogP) is 3.23. The van der Waals surface area contributed by atoms with Gasteiger partial charge in [0.05, 0.1) is 17.3 Å². The van der Waals surface area contributed by atoms with Crippen LogP contribution in [0.2, 0.25) is 0 Å². The molecule has 18 heavy (non-hydrogen) atoms. The second kappa shape index (κ2) is 4.20. The van der Waals surface area contributed by atoms with E-state index in [9.17, 15) is 0 Å². The van der Waals surface area contributed by atoms with Gasteiger partial charge in [0.2, 0.25) is 0 Å². The molecule has 0 unspecified atom stereocenters. The molecule has 0 aromatic carbocycles. The molecular formula is C12H12BrN5. The van der Waals surface area contributed by atoms with Gasteiger partial charge in [-0.05, 0) is 27.9 Å². The maximum absolute atomic E-state index is 4.49. The van der Waals surface area contributed by atoms with Gasteiger partial charge in [0.15, 0.2) is 5.65 Å². The first-order valence-electron chi connectivity index (χ1n) is 5.70. The highest BCUT2D eigenvalue weighted by molar-refractivity contribution is 9.10. The van der Waals surface area contributed by atoms with E-state index < -0.39 is 0 Å². The van der Waals surface area contributed by atoms with Crippen molar-refractivity contribution < 1.29 is 0 Å². The van der Waals surface area contributed by atoms with Gasteiger partial charge in [-0.15, -0.1) is 0 Å². The molecule has 0 aliphatic rings. The highest BCUT2D eigenvalue weighted by Gasteiger charge is 2.14. The molecule has 0 saturated heterocycles. The summed E-state index contributed by atoms with van der Waals surface area (Å²) in [6.45, 7) is 4.24. The molecule has 3 aromatic heterocycles. The fourth-order valence-corrected chi connectivity index (χ4v) is 2.26. The fraction of sp³-hybridized carbons (Fsp3) is 0.250. The van der Waals surface area contributed by atoms with E-state index >= 15 is 0 Å². The third kappa shape index (κ3) is 1.82. The molecule has 6 heteroatoms. The molecule has 3 aromatic rings. The third-order valence-corrected chi connectivity index (χ3v) is 3.24.